The number of urea groups is 1. The van der Waals surface area contributed by atoms with Crippen molar-refractivity contribution in [2.24, 2.45) is 5.41 Å². The average molecular weight is 307 g/mol. The molecule has 1 fully saturated rings. The molecule has 7 heteroatoms. The van der Waals surface area contributed by atoms with Crippen molar-refractivity contribution in [1.82, 2.24) is 15.2 Å². The Bertz CT molecular complexity index is 563. The summed E-state index contributed by atoms with van der Waals surface area (Å²) in [5.74, 6) is -0.365. The third-order valence-corrected chi connectivity index (χ3v) is 3.84. The maximum atomic E-state index is 12.2. The van der Waals surface area contributed by atoms with E-state index in [4.69, 9.17) is 4.74 Å². The number of hydrogen-bond donors (Lipinski definition) is 2. The lowest BCUT2D eigenvalue weighted by atomic mass is 9.90. The van der Waals surface area contributed by atoms with Crippen LogP contribution in [-0.4, -0.2) is 46.7 Å². The van der Waals surface area contributed by atoms with Gasteiger partial charge in [0.1, 0.15) is 0 Å². The number of ether oxygens (including phenoxy) is 1. The predicted octanol–water partition coefficient (Wildman–Crippen LogP) is 1.49. The standard InChI is InChI=1S/C15H21N3O4/c1-3-22-12-11(5-4-7-16-12)9-17-14(21)18-8-6-15(2,10-18)13(19)20/h4-5,7H,3,6,8-10H2,1-2H3,(H,17,21)(H,19,20). The Morgan fingerprint density at radius 2 is 2.32 bits per heavy atom. The van der Waals surface area contributed by atoms with Crippen LogP contribution in [0.15, 0.2) is 18.3 Å². The fourth-order valence-electron chi connectivity index (χ4n) is 2.42. The first kappa shape index (κ1) is 16.1. The van der Waals surface area contributed by atoms with E-state index in [-0.39, 0.29) is 12.6 Å². The van der Waals surface area contributed by atoms with Crippen molar-refractivity contribution in [2.75, 3.05) is 19.7 Å². The van der Waals surface area contributed by atoms with E-state index >= 15 is 0 Å². The molecule has 1 atom stereocenters. The van der Waals surface area contributed by atoms with Crippen molar-refractivity contribution >= 4 is 12.0 Å². The lowest BCUT2D eigenvalue weighted by molar-refractivity contribution is -0.147. The maximum Gasteiger partial charge on any atom is 0.317 e. The molecule has 1 aromatic rings. The first-order valence-electron chi connectivity index (χ1n) is 7.29. The van der Waals surface area contributed by atoms with Crippen LogP contribution in [0.1, 0.15) is 25.8 Å². The van der Waals surface area contributed by atoms with Gasteiger partial charge in [-0.15, -0.1) is 0 Å². The van der Waals surface area contributed by atoms with Crippen LogP contribution in [0.5, 0.6) is 5.88 Å². The van der Waals surface area contributed by atoms with Crippen LogP contribution in [0.25, 0.3) is 0 Å². The van der Waals surface area contributed by atoms with E-state index in [1.54, 1.807) is 19.2 Å². The summed E-state index contributed by atoms with van der Waals surface area (Å²) in [7, 11) is 0. The monoisotopic (exact) mass is 307 g/mol. The number of hydrogen-bond acceptors (Lipinski definition) is 4. The Morgan fingerprint density at radius 1 is 1.55 bits per heavy atom. The summed E-state index contributed by atoms with van der Waals surface area (Å²) < 4.78 is 5.41. The minimum absolute atomic E-state index is 0.222. The van der Waals surface area contributed by atoms with E-state index in [1.165, 1.54) is 4.90 Å². The molecule has 0 aromatic carbocycles. The molecule has 1 unspecified atom stereocenters. The molecular formula is C15H21N3O4. The van der Waals surface area contributed by atoms with Gasteiger partial charge in [-0.05, 0) is 26.3 Å². The van der Waals surface area contributed by atoms with Gasteiger partial charge in [-0.3, -0.25) is 4.79 Å². The first-order valence-corrected chi connectivity index (χ1v) is 7.29. The predicted molar refractivity (Wildman–Crippen MR) is 79.6 cm³/mol. The second-order valence-corrected chi connectivity index (χ2v) is 5.60. The molecule has 1 saturated heterocycles. The van der Waals surface area contributed by atoms with Crippen molar-refractivity contribution < 1.29 is 19.4 Å². The minimum atomic E-state index is -0.867. The van der Waals surface area contributed by atoms with Gasteiger partial charge in [-0.2, -0.15) is 0 Å². The third-order valence-electron chi connectivity index (χ3n) is 3.84. The molecule has 120 valence electrons. The van der Waals surface area contributed by atoms with E-state index in [0.717, 1.165) is 5.56 Å². The van der Waals surface area contributed by atoms with Crippen molar-refractivity contribution in [3.63, 3.8) is 0 Å². The molecule has 1 aliphatic heterocycles. The van der Waals surface area contributed by atoms with E-state index in [9.17, 15) is 14.7 Å². The van der Waals surface area contributed by atoms with Gasteiger partial charge in [0.25, 0.3) is 0 Å². The highest BCUT2D eigenvalue weighted by molar-refractivity contribution is 5.79. The Hall–Kier alpha value is -2.31. The number of likely N-dealkylation sites (tertiary alicyclic amines) is 1. The van der Waals surface area contributed by atoms with Gasteiger partial charge in [-0.25, -0.2) is 9.78 Å². The fraction of sp³-hybridized carbons (Fsp3) is 0.533. The van der Waals surface area contributed by atoms with E-state index in [2.05, 4.69) is 10.3 Å². The van der Waals surface area contributed by atoms with Crippen LogP contribution in [0.3, 0.4) is 0 Å². The van der Waals surface area contributed by atoms with Crippen LogP contribution in [-0.2, 0) is 11.3 Å². The Balaban J connectivity index is 1.93. The molecule has 0 bridgehead atoms. The van der Waals surface area contributed by atoms with E-state index < -0.39 is 11.4 Å². The highest BCUT2D eigenvalue weighted by Crippen LogP contribution is 2.30. The van der Waals surface area contributed by atoms with Crippen LogP contribution < -0.4 is 10.1 Å². The molecule has 2 N–H and O–H groups in total. The van der Waals surface area contributed by atoms with Crippen LogP contribution >= 0.6 is 0 Å². The molecule has 2 heterocycles. The molecule has 2 amide bonds. The second kappa shape index (κ2) is 6.64. The molecule has 1 aliphatic rings. The summed E-state index contributed by atoms with van der Waals surface area (Å²) >= 11 is 0. The summed E-state index contributed by atoms with van der Waals surface area (Å²) in [5.41, 5.74) is -0.0693. The highest BCUT2D eigenvalue weighted by Gasteiger charge is 2.42. The molecule has 0 saturated carbocycles. The summed E-state index contributed by atoms with van der Waals surface area (Å²) in [5, 5.41) is 12.0. The quantitative estimate of drug-likeness (QED) is 0.860. The van der Waals surface area contributed by atoms with Crippen molar-refractivity contribution in [1.29, 1.82) is 0 Å². The summed E-state index contributed by atoms with van der Waals surface area (Å²) in [6, 6.07) is 3.35. The smallest absolute Gasteiger partial charge is 0.317 e. The van der Waals surface area contributed by atoms with E-state index in [0.29, 0.717) is 32.0 Å². The van der Waals surface area contributed by atoms with E-state index in [1.807, 2.05) is 13.0 Å². The molecule has 22 heavy (non-hydrogen) atoms. The number of pyridine rings is 1. The molecule has 7 nitrogen and oxygen atoms in total. The van der Waals surface area contributed by atoms with Gasteiger partial charge >= 0.3 is 12.0 Å². The SMILES string of the molecule is CCOc1ncccc1CNC(=O)N1CCC(C)(C(=O)O)C1. The number of carboxylic acid groups (broad SMARTS) is 1. The Kier molecular flexibility index (Phi) is 4.85. The largest absolute Gasteiger partial charge is 0.481 e. The zero-order chi connectivity index (χ0) is 16.2. The lowest BCUT2D eigenvalue weighted by Gasteiger charge is -2.20. The topological polar surface area (TPSA) is 91.8 Å². The third kappa shape index (κ3) is 3.47. The van der Waals surface area contributed by atoms with Gasteiger partial charge in [0.2, 0.25) is 5.88 Å². The number of carboxylic acids is 1. The number of rotatable bonds is 5. The Labute approximate surface area is 129 Å². The number of nitrogens with one attached hydrogen (secondary N) is 1. The minimum Gasteiger partial charge on any atom is -0.481 e. The van der Waals surface area contributed by atoms with Crippen molar-refractivity contribution in [3.8, 4) is 5.88 Å². The molecule has 1 aromatic heterocycles. The van der Waals surface area contributed by atoms with Crippen LogP contribution in [0, 0.1) is 5.41 Å². The lowest BCUT2D eigenvalue weighted by Crippen LogP contribution is -2.40. The molecule has 0 aliphatic carbocycles. The van der Waals surface area contributed by atoms with Gasteiger partial charge < -0.3 is 20.1 Å². The summed E-state index contributed by atoms with van der Waals surface area (Å²) in [6.07, 6.45) is 2.10. The molecular weight excluding hydrogens is 286 g/mol. The fourth-order valence-corrected chi connectivity index (χ4v) is 2.42. The normalized spacial score (nSPS) is 20.7. The van der Waals surface area contributed by atoms with Crippen molar-refractivity contribution in [3.05, 3.63) is 23.9 Å². The summed E-state index contributed by atoms with van der Waals surface area (Å²) in [6.45, 7) is 4.99. The Morgan fingerprint density at radius 3 is 2.95 bits per heavy atom. The van der Waals surface area contributed by atoms with Gasteiger partial charge in [0.05, 0.1) is 12.0 Å². The first-order chi connectivity index (χ1) is 10.5. The highest BCUT2D eigenvalue weighted by atomic mass is 16.5. The number of amides is 2. The van der Waals surface area contributed by atoms with Gasteiger partial charge in [0, 0.05) is 31.4 Å². The average Bonchev–Trinajstić information content (AvgIpc) is 2.90. The zero-order valence-electron chi connectivity index (χ0n) is 12.8. The molecule has 0 radical (unpaired) electrons. The van der Waals surface area contributed by atoms with Gasteiger partial charge in [0.15, 0.2) is 0 Å². The maximum absolute atomic E-state index is 12.2. The number of nitrogens with zero attached hydrogens (tertiary/aromatic N) is 2. The number of aliphatic carboxylic acids is 1. The van der Waals surface area contributed by atoms with Crippen molar-refractivity contribution in [2.45, 2.75) is 26.8 Å². The van der Waals surface area contributed by atoms with Crippen LogP contribution in [0.4, 0.5) is 4.79 Å². The number of aromatic nitrogens is 1. The number of carbonyl (C=O) groups is 2. The molecule has 2 rings (SSSR count). The second-order valence-electron chi connectivity index (χ2n) is 5.60. The molecule has 0 spiro atoms. The van der Waals surface area contributed by atoms with Crippen LogP contribution in [0.2, 0.25) is 0 Å². The summed E-state index contributed by atoms with van der Waals surface area (Å²) in [4.78, 5) is 29.0. The number of carbonyl (C=O) groups excluding carboxylic acids is 1. The van der Waals surface area contributed by atoms with Gasteiger partial charge in [-0.1, -0.05) is 6.07 Å². The zero-order valence-corrected chi connectivity index (χ0v) is 12.8.